The van der Waals surface area contributed by atoms with Crippen LogP contribution in [-0.4, -0.2) is 53.8 Å². The first-order valence-electron chi connectivity index (χ1n) is 10.3. The van der Waals surface area contributed by atoms with Gasteiger partial charge in [-0.05, 0) is 49.7 Å². The molecule has 1 amide bonds. The van der Waals surface area contributed by atoms with E-state index in [0.29, 0.717) is 37.0 Å². The summed E-state index contributed by atoms with van der Waals surface area (Å²) in [5, 5.41) is 9.45. The highest BCUT2D eigenvalue weighted by atomic mass is 35.5. The van der Waals surface area contributed by atoms with Gasteiger partial charge >= 0.3 is 0 Å². The molecule has 0 N–H and O–H groups in total. The van der Waals surface area contributed by atoms with E-state index < -0.39 is 0 Å². The fourth-order valence-corrected chi connectivity index (χ4v) is 3.90. The Bertz CT molecular complexity index is 1060. The first-order valence-corrected chi connectivity index (χ1v) is 10.7. The van der Waals surface area contributed by atoms with Gasteiger partial charge in [0, 0.05) is 36.8 Å². The van der Waals surface area contributed by atoms with Crippen LogP contribution in [-0.2, 0) is 4.79 Å². The minimum absolute atomic E-state index is 0.00471. The molecule has 2 heterocycles. The zero-order chi connectivity index (χ0) is 21.8. The van der Waals surface area contributed by atoms with Crippen LogP contribution < -0.4 is 9.64 Å². The van der Waals surface area contributed by atoms with E-state index in [1.807, 2.05) is 17.0 Å². The molecule has 7 heteroatoms. The van der Waals surface area contributed by atoms with Crippen molar-refractivity contribution in [1.82, 2.24) is 15.1 Å². The predicted octanol–water partition coefficient (Wildman–Crippen LogP) is 4.14. The van der Waals surface area contributed by atoms with Crippen LogP contribution in [0.4, 0.5) is 5.82 Å². The number of carbonyl (C=O) groups excluding carboxylic acids is 1. The first kappa shape index (κ1) is 21.1. The van der Waals surface area contributed by atoms with Gasteiger partial charge in [0.05, 0.1) is 5.69 Å². The summed E-state index contributed by atoms with van der Waals surface area (Å²) in [6, 6.07) is 17.4. The third kappa shape index (κ3) is 5.14. The number of nitrogens with zero attached hydrogens (tertiary/aromatic N) is 4. The number of hydrogen-bond acceptors (Lipinski definition) is 5. The van der Waals surface area contributed by atoms with Crippen LogP contribution >= 0.6 is 11.6 Å². The van der Waals surface area contributed by atoms with Gasteiger partial charge in [-0.3, -0.25) is 4.79 Å². The lowest BCUT2D eigenvalue weighted by molar-refractivity contribution is -0.133. The van der Waals surface area contributed by atoms with E-state index >= 15 is 0 Å². The summed E-state index contributed by atoms with van der Waals surface area (Å²) in [5.74, 6) is 1.39. The van der Waals surface area contributed by atoms with E-state index in [1.54, 1.807) is 24.3 Å². The Morgan fingerprint density at radius 2 is 1.81 bits per heavy atom. The fraction of sp³-hybridized carbons (Fsp3) is 0.292. The van der Waals surface area contributed by atoms with Gasteiger partial charge in [0.15, 0.2) is 12.4 Å². The maximum absolute atomic E-state index is 12.5. The Morgan fingerprint density at radius 1 is 1.00 bits per heavy atom. The number of anilines is 1. The molecule has 0 saturated carbocycles. The molecule has 1 aromatic heterocycles. The zero-order valence-corrected chi connectivity index (χ0v) is 18.5. The summed E-state index contributed by atoms with van der Waals surface area (Å²) in [4.78, 5) is 16.4. The number of aromatic nitrogens is 2. The summed E-state index contributed by atoms with van der Waals surface area (Å²) in [6.07, 6.45) is 0. The van der Waals surface area contributed by atoms with Crippen LogP contribution in [0.25, 0.3) is 11.3 Å². The van der Waals surface area contributed by atoms with E-state index in [1.165, 1.54) is 11.1 Å². The van der Waals surface area contributed by atoms with Crippen molar-refractivity contribution < 1.29 is 9.53 Å². The number of benzene rings is 2. The van der Waals surface area contributed by atoms with Gasteiger partial charge in [-0.2, -0.15) is 0 Å². The molecule has 0 spiro atoms. The highest BCUT2D eigenvalue weighted by Gasteiger charge is 2.22. The van der Waals surface area contributed by atoms with Gasteiger partial charge in [0.25, 0.3) is 5.91 Å². The van der Waals surface area contributed by atoms with E-state index in [4.69, 9.17) is 16.3 Å². The van der Waals surface area contributed by atoms with Crippen LogP contribution in [0, 0.1) is 13.8 Å². The monoisotopic (exact) mass is 436 g/mol. The Morgan fingerprint density at radius 3 is 2.48 bits per heavy atom. The molecular formula is C24H25ClN4O2. The maximum atomic E-state index is 12.5. The average Bonchev–Trinajstić information content (AvgIpc) is 2.78. The van der Waals surface area contributed by atoms with Gasteiger partial charge in [-0.15, -0.1) is 10.2 Å². The molecule has 0 aliphatic carbocycles. The summed E-state index contributed by atoms with van der Waals surface area (Å²) in [6.45, 7) is 6.84. The number of amides is 1. The highest BCUT2D eigenvalue weighted by Crippen LogP contribution is 2.23. The molecule has 2 aromatic carbocycles. The van der Waals surface area contributed by atoms with Crippen LogP contribution in [0.5, 0.6) is 5.75 Å². The van der Waals surface area contributed by atoms with Crippen molar-refractivity contribution in [2.45, 2.75) is 13.8 Å². The molecule has 1 aliphatic heterocycles. The van der Waals surface area contributed by atoms with Crippen molar-refractivity contribution in [3.63, 3.8) is 0 Å². The van der Waals surface area contributed by atoms with Crippen LogP contribution in [0.2, 0.25) is 5.02 Å². The van der Waals surface area contributed by atoms with Crippen LogP contribution in [0.15, 0.2) is 54.6 Å². The van der Waals surface area contributed by atoms with E-state index in [9.17, 15) is 4.79 Å². The number of ether oxygens (including phenoxy) is 1. The minimum Gasteiger partial charge on any atom is -0.484 e. The molecule has 1 aliphatic rings. The molecule has 31 heavy (non-hydrogen) atoms. The number of halogens is 1. The second-order valence-corrected chi connectivity index (χ2v) is 8.15. The molecule has 4 rings (SSSR count). The van der Waals surface area contributed by atoms with E-state index in [-0.39, 0.29) is 12.5 Å². The summed E-state index contributed by atoms with van der Waals surface area (Å²) in [7, 11) is 0. The number of carbonyl (C=O) groups is 1. The van der Waals surface area contributed by atoms with Crippen molar-refractivity contribution in [2.75, 3.05) is 37.7 Å². The van der Waals surface area contributed by atoms with E-state index in [2.05, 4.69) is 47.1 Å². The Kier molecular flexibility index (Phi) is 6.37. The Hall–Kier alpha value is -3.12. The second-order valence-electron chi connectivity index (χ2n) is 7.71. The topological polar surface area (TPSA) is 58.6 Å². The van der Waals surface area contributed by atoms with Crippen LogP contribution in [0.1, 0.15) is 11.1 Å². The highest BCUT2D eigenvalue weighted by molar-refractivity contribution is 6.30. The Balaban J connectivity index is 1.31. The molecular weight excluding hydrogens is 412 g/mol. The number of rotatable bonds is 5. The van der Waals surface area contributed by atoms with Crippen LogP contribution in [0.3, 0.4) is 0 Å². The first-order chi connectivity index (χ1) is 15.0. The molecule has 3 aromatic rings. The van der Waals surface area contributed by atoms with Crippen molar-refractivity contribution in [3.8, 4) is 17.0 Å². The van der Waals surface area contributed by atoms with Gasteiger partial charge < -0.3 is 14.5 Å². The normalized spacial score (nSPS) is 13.9. The van der Waals surface area contributed by atoms with Gasteiger partial charge in [0.2, 0.25) is 0 Å². The number of piperazine rings is 1. The predicted molar refractivity (Wildman–Crippen MR) is 123 cm³/mol. The molecule has 0 bridgehead atoms. The lowest BCUT2D eigenvalue weighted by Crippen LogP contribution is -2.50. The molecule has 6 nitrogen and oxygen atoms in total. The van der Waals surface area contributed by atoms with Crippen molar-refractivity contribution >= 4 is 23.3 Å². The SMILES string of the molecule is Cc1ccc(-c2ccc(N3CCN(C(=O)COc4cccc(Cl)c4)CC3)nn2)c(C)c1. The molecule has 0 unspecified atom stereocenters. The average molecular weight is 437 g/mol. The second kappa shape index (κ2) is 9.35. The smallest absolute Gasteiger partial charge is 0.260 e. The maximum Gasteiger partial charge on any atom is 0.260 e. The minimum atomic E-state index is -0.0316. The van der Waals surface area contributed by atoms with E-state index in [0.717, 1.165) is 17.1 Å². The molecule has 1 fully saturated rings. The van der Waals surface area contributed by atoms with Gasteiger partial charge in [-0.1, -0.05) is 41.4 Å². The number of aryl methyl sites for hydroxylation is 2. The summed E-state index contributed by atoms with van der Waals surface area (Å²) in [5.41, 5.74) is 4.39. The quantitative estimate of drug-likeness (QED) is 0.601. The summed E-state index contributed by atoms with van der Waals surface area (Å²) < 4.78 is 5.57. The summed E-state index contributed by atoms with van der Waals surface area (Å²) >= 11 is 5.95. The third-order valence-corrected chi connectivity index (χ3v) is 5.66. The lowest BCUT2D eigenvalue weighted by Gasteiger charge is -2.35. The fourth-order valence-electron chi connectivity index (χ4n) is 3.72. The number of hydrogen-bond donors (Lipinski definition) is 0. The standard InChI is InChI=1S/C24H25ClN4O2/c1-17-6-7-21(18(2)14-17)22-8-9-23(27-26-22)28-10-12-29(13-11-28)24(30)16-31-20-5-3-4-19(25)15-20/h3-9,14-15H,10-13,16H2,1-2H3. The van der Waals surface area contributed by atoms with Gasteiger partial charge in [0.1, 0.15) is 5.75 Å². The largest absolute Gasteiger partial charge is 0.484 e. The molecule has 0 radical (unpaired) electrons. The van der Waals surface area contributed by atoms with Crippen molar-refractivity contribution in [2.24, 2.45) is 0 Å². The van der Waals surface area contributed by atoms with Crippen molar-refractivity contribution in [3.05, 3.63) is 70.7 Å². The van der Waals surface area contributed by atoms with Gasteiger partial charge in [-0.25, -0.2) is 0 Å². The lowest BCUT2D eigenvalue weighted by atomic mass is 10.0. The van der Waals surface area contributed by atoms with Crippen molar-refractivity contribution in [1.29, 1.82) is 0 Å². The molecule has 1 saturated heterocycles. The Labute approximate surface area is 187 Å². The molecule has 0 atom stereocenters. The molecule has 160 valence electrons. The third-order valence-electron chi connectivity index (χ3n) is 5.42. The zero-order valence-electron chi connectivity index (χ0n) is 17.7.